The largest absolute Gasteiger partial charge is 0.433 e. The summed E-state index contributed by atoms with van der Waals surface area (Å²) < 4.78 is 11.5. The van der Waals surface area contributed by atoms with E-state index in [9.17, 15) is 0 Å². The Bertz CT molecular complexity index is 479. The molecule has 0 atom stereocenters. The highest BCUT2D eigenvalue weighted by molar-refractivity contribution is 6.72. The molecule has 0 unspecified atom stereocenters. The average Bonchev–Trinajstić information content (AvgIpc) is 2.53. The molecule has 2 aliphatic heterocycles. The van der Waals surface area contributed by atoms with E-state index in [0.29, 0.717) is 11.8 Å². The Morgan fingerprint density at radius 1 is 0.773 bits per heavy atom. The molecular weight excluding hydrogens is 270 g/mol. The van der Waals surface area contributed by atoms with Crippen LogP contribution >= 0.6 is 0 Å². The van der Waals surface area contributed by atoms with Gasteiger partial charge in [0.05, 0.1) is 0 Å². The van der Waals surface area contributed by atoms with Crippen LogP contribution in [0.25, 0.3) is 0 Å². The molecule has 2 nitrogen and oxygen atoms in total. The highest BCUT2D eigenvalue weighted by atomic mass is 16.4. The minimum Gasteiger partial charge on any atom is -0.433 e. The summed E-state index contributed by atoms with van der Waals surface area (Å²) in [6, 6.07) is 0. The zero-order valence-corrected chi connectivity index (χ0v) is 14.8. The molecule has 2 heterocycles. The molecule has 0 fully saturated rings. The van der Waals surface area contributed by atoms with Gasteiger partial charge in [-0.1, -0.05) is 74.1 Å². The van der Waals surface area contributed by atoms with Crippen LogP contribution in [0.3, 0.4) is 0 Å². The van der Waals surface area contributed by atoms with Crippen molar-refractivity contribution < 1.29 is 9.31 Å². The normalized spacial score (nSPS) is 19.3. The van der Waals surface area contributed by atoms with Gasteiger partial charge < -0.3 is 9.31 Å². The van der Waals surface area contributed by atoms with Crippen LogP contribution in [-0.2, 0) is 9.31 Å². The zero-order valence-electron chi connectivity index (χ0n) is 14.8. The molecule has 118 valence electrons. The molecule has 0 aliphatic carbocycles. The van der Waals surface area contributed by atoms with Crippen molar-refractivity contribution in [1.29, 1.82) is 0 Å². The van der Waals surface area contributed by atoms with Crippen LogP contribution in [-0.4, -0.2) is 28.1 Å². The van der Waals surface area contributed by atoms with Gasteiger partial charge in [-0.3, -0.25) is 0 Å². The fraction of sp³-hybridized carbons (Fsp3) is 0.556. The first-order valence-corrected chi connectivity index (χ1v) is 8.37. The SMILES string of the molecule is COB1CC=C(C(C)C)C=C1C1=CC(C(C)C)=CCB1OC. The Morgan fingerprint density at radius 2 is 1.14 bits per heavy atom. The lowest BCUT2D eigenvalue weighted by Gasteiger charge is -2.28. The van der Waals surface area contributed by atoms with Gasteiger partial charge in [0.25, 0.3) is 0 Å². The van der Waals surface area contributed by atoms with Crippen molar-refractivity contribution in [2.75, 3.05) is 14.2 Å². The van der Waals surface area contributed by atoms with Crippen LogP contribution < -0.4 is 0 Å². The second-order valence-electron chi connectivity index (χ2n) is 6.84. The molecule has 0 spiro atoms. The van der Waals surface area contributed by atoms with Gasteiger partial charge in [-0.05, 0) is 24.5 Å². The number of hydrogen-bond donors (Lipinski definition) is 0. The fourth-order valence-electron chi connectivity index (χ4n) is 3.19. The van der Waals surface area contributed by atoms with Crippen molar-refractivity contribution in [2.45, 2.75) is 40.3 Å². The van der Waals surface area contributed by atoms with Crippen molar-refractivity contribution in [3.63, 3.8) is 0 Å². The Morgan fingerprint density at radius 3 is 1.41 bits per heavy atom. The van der Waals surface area contributed by atoms with Crippen molar-refractivity contribution in [2.24, 2.45) is 11.8 Å². The van der Waals surface area contributed by atoms with E-state index >= 15 is 0 Å². The highest BCUT2D eigenvalue weighted by Crippen LogP contribution is 2.33. The first kappa shape index (κ1) is 17.4. The van der Waals surface area contributed by atoms with Gasteiger partial charge in [0.15, 0.2) is 0 Å². The van der Waals surface area contributed by atoms with E-state index in [-0.39, 0.29) is 13.8 Å². The molecule has 4 heteroatoms. The molecule has 0 aromatic heterocycles. The maximum absolute atomic E-state index is 5.74. The first-order chi connectivity index (χ1) is 10.5. The number of allylic oxidation sites excluding steroid dienone is 8. The van der Waals surface area contributed by atoms with Gasteiger partial charge in [-0.25, -0.2) is 0 Å². The van der Waals surface area contributed by atoms with Crippen LogP contribution in [0.15, 0.2) is 46.4 Å². The molecule has 0 aromatic carbocycles. The quantitative estimate of drug-likeness (QED) is 0.701. The topological polar surface area (TPSA) is 18.5 Å². The lowest BCUT2D eigenvalue weighted by atomic mass is 9.42. The van der Waals surface area contributed by atoms with Crippen LogP contribution in [0.5, 0.6) is 0 Å². The highest BCUT2D eigenvalue weighted by Gasteiger charge is 2.33. The minimum absolute atomic E-state index is 0.137. The summed E-state index contributed by atoms with van der Waals surface area (Å²) in [7, 11) is 3.61. The average molecular weight is 298 g/mol. The van der Waals surface area contributed by atoms with E-state index in [0.717, 1.165) is 12.6 Å². The first-order valence-electron chi connectivity index (χ1n) is 8.37. The predicted molar refractivity (Wildman–Crippen MR) is 97.1 cm³/mol. The lowest BCUT2D eigenvalue weighted by Crippen LogP contribution is -2.32. The Labute approximate surface area is 136 Å². The molecule has 0 saturated heterocycles. The van der Waals surface area contributed by atoms with Crippen LogP contribution in [0.4, 0.5) is 0 Å². The number of rotatable bonds is 5. The van der Waals surface area contributed by atoms with Crippen molar-refractivity contribution in [3.05, 3.63) is 46.4 Å². The van der Waals surface area contributed by atoms with Gasteiger partial charge in [0.2, 0.25) is 0 Å². The Hall–Kier alpha value is -0.990. The second-order valence-corrected chi connectivity index (χ2v) is 6.84. The molecule has 0 aromatic rings. The van der Waals surface area contributed by atoms with Crippen molar-refractivity contribution in [3.8, 4) is 0 Å². The summed E-state index contributed by atoms with van der Waals surface area (Å²) in [4.78, 5) is 0. The monoisotopic (exact) mass is 298 g/mol. The van der Waals surface area contributed by atoms with Crippen LogP contribution in [0.2, 0.25) is 12.6 Å². The third-order valence-corrected chi connectivity index (χ3v) is 4.71. The molecule has 2 aliphatic rings. The van der Waals surface area contributed by atoms with Crippen LogP contribution in [0.1, 0.15) is 27.7 Å². The van der Waals surface area contributed by atoms with Crippen molar-refractivity contribution in [1.82, 2.24) is 0 Å². The lowest BCUT2D eigenvalue weighted by molar-refractivity contribution is 0.422. The maximum Gasteiger partial charge on any atom is 0.329 e. The van der Waals surface area contributed by atoms with E-state index in [1.165, 1.54) is 22.1 Å². The van der Waals surface area contributed by atoms with Gasteiger partial charge in [0, 0.05) is 14.2 Å². The predicted octanol–water partition coefficient (Wildman–Crippen LogP) is 4.39. The van der Waals surface area contributed by atoms with E-state index < -0.39 is 0 Å². The summed E-state index contributed by atoms with van der Waals surface area (Å²) in [6.07, 6.45) is 11.2. The smallest absolute Gasteiger partial charge is 0.329 e. The second kappa shape index (κ2) is 7.52. The molecular formula is C18H28B2O2. The summed E-state index contributed by atoms with van der Waals surface area (Å²) in [6.45, 7) is 9.26. The maximum atomic E-state index is 5.74. The third-order valence-electron chi connectivity index (χ3n) is 4.71. The molecule has 22 heavy (non-hydrogen) atoms. The fourth-order valence-corrected chi connectivity index (χ4v) is 3.19. The molecule has 0 saturated carbocycles. The Balaban J connectivity index is 2.43. The van der Waals surface area contributed by atoms with Gasteiger partial charge in [-0.2, -0.15) is 0 Å². The van der Waals surface area contributed by atoms with E-state index in [4.69, 9.17) is 9.31 Å². The van der Waals surface area contributed by atoms with Gasteiger partial charge >= 0.3 is 13.8 Å². The molecule has 0 N–H and O–H groups in total. The van der Waals surface area contributed by atoms with Gasteiger partial charge in [0.1, 0.15) is 0 Å². The van der Waals surface area contributed by atoms with Crippen molar-refractivity contribution >= 4 is 13.8 Å². The Kier molecular flexibility index (Phi) is 5.94. The standard InChI is InChI=1S/C18H28B2O2/c1-13(2)15-7-9-19(21-5)17(11-15)18-12-16(14(3)4)8-10-20(18)22-6/h7-8,11-14H,9-10H2,1-6H3. The minimum atomic E-state index is 0.137. The molecule has 0 bridgehead atoms. The van der Waals surface area contributed by atoms with E-state index in [2.05, 4.69) is 52.0 Å². The van der Waals surface area contributed by atoms with Gasteiger partial charge in [-0.15, -0.1) is 0 Å². The van der Waals surface area contributed by atoms with E-state index in [1.54, 1.807) is 14.2 Å². The molecule has 2 rings (SSSR count). The van der Waals surface area contributed by atoms with Crippen LogP contribution in [0, 0.1) is 11.8 Å². The molecule has 0 radical (unpaired) electrons. The summed E-state index contributed by atoms with van der Waals surface area (Å²) >= 11 is 0. The van der Waals surface area contributed by atoms with E-state index in [1.807, 2.05) is 0 Å². The number of hydrogen-bond acceptors (Lipinski definition) is 2. The molecule has 0 amide bonds. The summed E-state index contributed by atoms with van der Waals surface area (Å²) in [5, 5.41) is 0. The zero-order chi connectivity index (χ0) is 16.3. The summed E-state index contributed by atoms with van der Waals surface area (Å²) in [5.74, 6) is 1.08. The third kappa shape index (κ3) is 3.67. The summed E-state index contributed by atoms with van der Waals surface area (Å²) in [5.41, 5.74) is 5.40.